The monoisotopic (exact) mass is 349 g/mol. The van der Waals surface area contributed by atoms with Gasteiger partial charge < -0.3 is 15.0 Å². The second kappa shape index (κ2) is 7.93. The van der Waals surface area contributed by atoms with Crippen LogP contribution < -0.4 is 5.32 Å². The number of ether oxygens (including phenoxy) is 1. The average molecular weight is 349 g/mol. The molecule has 1 N–H and O–H groups in total. The first-order valence-corrected chi connectivity index (χ1v) is 8.69. The summed E-state index contributed by atoms with van der Waals surface area (Å²) < 4.78 is 18.5. The van der Waals surface area contributed by atoms with Crippen LogP contribution in [0, 0.1) is 5.82 Å². The van der Waals surface area contributed by atoms with Crippen LogP contribution in [0.1, 0.15) is 18.4 Å². The smallest absolute Gasteiger partial charge is 0.250 e. The van der Waals surface area contributed by atoms with Gasteiger partial charge in [0.1, 0.15) is 5.82 Å². The number of rotatable bonds is 4. The molecular formula is C18H24FN3O3. The maximum Gasteiger partial charge on any atom is 0.250 e. The standard InChI is InChI=1S/C18H24FN3O3/c1-20-17(23)16-12-22(9-10-25-16)18(24)15-3-2-8-21(15)11-13-4-6-14(19)7-5-13/h4-7,15-16H,2-3,8-12H2,1H3,(H,20,23). The lowest BCUT2D eigenvalue weighted by Gasteiger charge is -2.35. The fourth-order valence-electron chi connectivity index (χ4n) is 3.50. The molecule has 2 fully saturated rings. The molecule has 0 aromatic heterocycles. The highest BCUT2D eigenvalue weighted by Crippen LogP contribution is 2.23. The number of benzene rings is 1. The number of likely N-dealkylation sites (N-methyl/N-ethyl adjacent to an activating group) is 1. The fraction of sp³-hybridized carbons (Fsp3) is 0.556. The van der Waals surface area contributed by atoms with Crippen molar-refractivity contribution in [2.24, 2.45) is 0 Å². The molecule has 2 aliphatic rings. The Morgan fingerprint density at radius 2 is 2.04 bits per heavy atom. The highest BCUT2D eigenvalue weighted by atomic mass is 19.1. The predicted molar refractivity (Wildman–Crippen MR) is 90.2 cm³/mol. The summed E-state index contributed by atoms with van der Waals surface area (Å²) >= 11 is 0. The van der Waals surface area contributed by atoms with Crippen LogP contribution in [-0.2, 0) is 20.9 Å². The van der Waals surface area contributed by atoms with Crippen LogP contribution >= 0.6 is 0 Å². The van der Waals surface area contributed by atoms with Crippen molar-refractivity contribution in [1.29, 1.82) is 0 Å². The van der Waals surface area contributed by atoms with E-state index in [9.17, 15) is 14.0 Å². The first kappa shape index (κ1) is 17.8. The van der Waals surface area contributed by atoms with Crippen molar-refractivity contribution in [2.75, 3.05) is 33.3 Å². The number of amides is 2. The van der Waals surface area contributed by atoms with Crippen LogP contribution in [0.25, 0.3) is 0 Å². The Balaban J connectivity index is 1.64. The number of likely N-dealkylation sites (tertiary alicyclic amines) is 1. The van der Waals surface area contributed by atoms with E-state index < -0.39 is 6.10 Å². The summed E-state index contributed by atoms with van der Waals surface area (Å²) in [6, 6.07) is 6.21. The van der Waals surface area contributed by atoms with E-state index in [0.29, 0.717) is 26.2 Å². The van der Waals surface area contributed by atoms with Crippen molar-refractivity contribution in [1.82, 2.24) is 15.1 Å². The molecule has 2 atom stereocenters. The molecule has 3 rings (SSSR count). The van der Waals surface area contributed by atoms with Crippen molar-refractivity contribution in [3.63, 3.8) is 0 Å². The molecule has 0 radical (unpaired) electrons. The van der Waals surface area contributed by atoms with Crippen molar-refractivity contribution >= 4 is 11.8 Å². The average Bonchev–Trinajstić information content (AvgIpc) is 3.10. The molecule has 136 valence electrons. The number of carbonyl (C=O) groups is 2. The second-order valence-corrected chi connectivity index (χ2v) is 6.51. The maximum atomic E-state index is 13.1. The molecular weight excluding hydrogens is 325 g/mol. The van der Waals surface area contributed by atoms with Gasteiger partial charge >= 0.3 is 0 Å². The molecule has 2 aliphatic heterocycles. The molecule has 2 unspecified atom stereocenters. The Bertz CT molecular complexity index is 622. The zero-order valence-electron chi connectivity index (χ0n) is 14.4. The van der Waals surface area contributed by atoms with Gasteiger partial charge in [0, 0.05) is 20.1 Å². The number of nitrogens with one attached hydrogen (secondary N) is 1. The quantitative estimate of drug-likeness (QED) is 0.872. The van der Waals surface area contributed by atoms with Crippen LogP contribution in [0.5, 0.6) is 0 Å². The number of halogens is 1. The van der Waals surface area contributed by atoms with Gasteiger partial charge in [0.2, 0.25) is 5.91 Å². The number of nitrogens with zero attached hydrogens (tertiary/aromatic N) is 2. The van der Waals surface area contributed by atoms with Gasteiger partial charge in [-0.3, -0.25) is 14.5 Å². The number of morpholine rings is 1. The Labute approximate surface area is 146 Å². The van der Waals surface area contributed by atoms with Gasteiger partial charge in [0.15, 0.2) is 6.10 Å². The first-order valence-electron chi connectivity index (χ1n) is 8.69. The molecule has 6 nitrogen and oxygen atoms in total. The number of hydrogen-bond acceptors (Lipinski definition) is 4. The minimum Gasteiger partial charge on any atom is -0.365 e. The zero-order valence-corrected chi connectivity index (χ0v) is 14.4. The summed E-state index contributed by atoms with van der Waals surface area (Å²) in [6.45, 7) is 2.64. The maximum absolute atomic E-state index is 13.1. The normalized spacial score (nSPS) is 24.3. The van der Waals surface area contributed by atoms with Crippen LogP contribution in [-0.4, -0.2) is 67.0 Å². The SMILES string of the molecule is CNC(=O)C1CN(C(=O)C2CCCN2Cc2ccc(F)cc2)CCO1. The molecule has 1 aromatic rings. The molecule has 1 aromatic carbocycles. The van der Waals surface area contributed by atoms with Crippen molar-refractivity contribution in [3.8, 4) is 0 Å². The van der Waals surface area contributed by atoms with Crippen molar-refractivity contribution in [2.45, 2.75) is 31.5 Å². The molecule has 2 amide bonds. The molecule has 0 bridgehead atoms. The third-order valence-corrected chi connectivity index (χ3v) is 4.86. The van der Waals surface area contributed by atoms with Gasteiger partial charge in [0.25, 0.3) is 5.91 Å². The highest BCUT2D eigenvalue weighted by Gasteiger charge is 2.36. The van der Waals surface area contributed by atoms with Gasteiger partial charge in [-0.15, -0.1) is 0 Å². The molecule has 2 saturated heterocycles. The molecule has 0 aliphatic carbocycles. The largest absolute Gasteiger partial charge is 0.365 e. The van der Waals surface area contributed by atoms with Crippen molar-refractivity contribution < 1.29 is 18.7 Å². The molecule has 0 spiro atoms. The van der Waals surface area contributed by atoms with E-state index in [4.69, 9.17) is 4.74 Å². The summed E-state index contributed by atoms with van der Waals surface area (Å²) in [5.74, 6) is -0.407. The van der Waals surface area contributed by atoms with Gasteiger partial charge in [-0.25, -0.2) is 4.39 Å². The van der Waals surface area contributed by atoms with Gasteiger partial charge in [-0.05, 0) is 37.1 Å². The minimum absolute atomic E-state index is 0.0526. The summed E-state index contributed by atoms with van der Waals surface area (Å²) in [4.78, 5) is 28.6. The molecule has 0 saturated carbocycles. The topological polar surface area (TPSA) is 61.9 Å². The van der Waals surface area contributed by atoms with E-state index in [2.05, 4.69) is 10.2 Å². The number of carbonyl (C=O) groups excluding carboxylic acids is 2. The van der Waals surface area contributed by atoms with E-state index in [1.807, 2.05) is 0 Å². The van der Waals surface area contributed by atoms with Crippen LogP contribution in [0.15, 0.2) is 24.3 Å². The zero-order chi connectivity index (χ0) is 17.8. The first-order chi connectivity index (χ1) is 12.1. The Kier molecular flexibility index (Phi) is 5.65. The molecule has 2 heterocycles. The third-order valence-electron chi connectivity index (χ3n) is 4.86. The summed E-state index contributed by atoms with van der Waals surface area (Å²) in [6.07, 6.45) is 1.16. The predicted octanol–water partition coefficient (Wildman–Crippen LogP) is 0.764. The highest BCUT2D eigenvalue weighted by molar-refractivity contribution is 5.85. The van der Waals surface area contributed by atoms with E-state index in [1.165, 1.54) is 12.1 Å². The second-order valence-electron chi connectivity index (χ2n) is 6.51. The lowest BCUT2D eigenvalue weighted by atomic mass is 10.1. The van der Waals surface area contributed by atoms with Gasteiger partial charge in [-0.1, -0.05) is 12.1 Å². The number of hydrogen-bond donors (Lipinski definition) is 1. The van der Waals surface area contributed by atoms with Crippen LogP contribution in [0.2, 0.25) is 0 Å². The van der Waals surface area contributed by atoms with Gasteiger partial charge in [0.05, 0.1) is 19.2 Å². The lowest BCUT2D eigenvalue weighted by Crippen LogP contribution is -2.55. The van der Waals surface area contributed by atoms with E-state index in [0.717, 1.165) is 24.9 Å². The summed E-state index contributed by atoms with van der Waals surface area (Å²) in [5, 5.41) is 2.57. The summed E-state index contributed by atoms with van der Waals surface area (Å²) in [5.41, 5.74) is 0.992. The van der Waals surface area contributed by atoms with Crippen LogP contribution in [0.4, 0.5) is 4.39 Å². The molecule has 25 heavy (non-hydrogen) atoms. The molecule has 7 heteroatoms. The summed E-state index contributed by atoms with van der Waals surface area (Å²) in [7, 11) is 1.56. The minimum atomic E-state index is -0.602. The lowest BCUT2D eigenvalue weighted by molar-refractivity contribution is -0.149. The Morgan fingerprint density at radius 1 is 1.28 bits per heavy atom. The van der Waals surface area contributed by atoms with Gasteiger partial charge in [-0.2, -0.15) is 0 Å². The van der Waals surface area contributed by atoms with Crippen molar-refractivity contribution in [3.05, 3.63) is 35.6 Å². The Hall–Kier alpha value is -1.99. The Morgan fingerprint density at radius 3 is 2.76 bits per heavy atom. The van der Waals surface area contributed by atoms with E-state index in [-0.39, 0.29) is 23.7 Å². The van der Waals surface area contributed by atoms with E-state index in [1.54, 1.807) is 24.1 Å². The fourth-order valence-corrected chi connectivity index (χ4v) is 3.50. The third kappa shape index (κ3) is 4.16. The van der Waals surface area contributed by atoms with Crippen LogP contribution in [0.3, 0.4) is 0 Å². The van der Waals surface area contributed by atoms with E-state index >= 15 is 0 Å².